The molecule has 3 heteroatoms. The topological polar surface area (TPSA) is 12.0 Å². The van der Waals surface area contributed by atoms with E-state index >= 15 is 0 Å². The molecule has 0 heterocycles. The van der Waals surface area contributed by atoms with Crippen LogP contribution in [-0.2, 0) is 0 Å². The van der Waals surface area contributed by atoms with E-state index in [1.807, 2.05) is 31.8 Å². The first kappa shape index (κ1) is 14.5. The summed E-state index contributed by atoms with van der Waals surface area (Å²) in [4.78, 5) is 0. The predicted molar refractivity (Wildman–Crippen MR) is 75.1 cm³/mol. The van der Waals surface area contributed by atoms with E-state index in [0.29, 0.717) is 5.92 Å². The second-order valence-corrected chi connectivity index (χ2v) is 5.85. The van der Waals surface area contributed by atoms with Crippen LogP contribution in [0, 0.1) is 18.7 Å². The molecule has 1 atom stereocenters. The normalized spacial score (nSPS) is 13.1. The molecule has 0 fully saturated rings. The lowest BCUT2D eigenvalue weighted by Crippen LogP contribution is -2.20. The first-order valence-corrected chi connectivity index (χ1v) is 7.21. The van der Waals surface area contributed by atoms with Crippen LogP contribution in [-0.4, -0.2) is 18.6 Å². The summed E-state index contributed by atoms with van der Waals surface area (Å²) in [6.45, 7) is 6.47. The number of thioether (sulfide) groups is 1. The summed E-state index contributed by atoms with van der Waals surface area (Å²) >= 11 is 1.92. The maximum Gasteiger partial charge on any atom is 0.123 e. The standard InChI is InChI=1S/C14H22FNS/c1-10(2)8-17-9-14(16-4)13-7-12(15)6-5-11(13)3/h5-7,10,14,16H,8-9H2,1-4H3. The number of halogens is 1. The van der Waals surface area contributed by atoms with Gasteiger partial charge in [0.2, 0.25) is 0 Å². The van der Waals surface area contributed by atoms with Crippen LogP contribution in [0.1, 0.15) is 31.0 Å². The molecule has 1 rings (SSSR count). The maximum absolute atomic E-state index is 13.3. The van der Waals surface area contributed by atoms with Crippen molar-refractivity contribution in [2.75, 3.05) is 18.6 Å². The van der Waals surface area contributed by atoms with Crippen molar-refractivity contribution in [3.05, 3.63) is 35.1 Å². The highest BCUT2D eigenvalue weighted by atomic mass is 32.2. The molecule has 0 aromatic heterocycles. The van der Waals surface area contributed by atoms with Gasteiger partial charge in [0, 0.05) is 11.8 Å². The Morgan fingerprint density at radius 2 is 2.00 bits per heavy atom. The van der Waals surface area contributed by atoms with Gasteiger partial charge < -0.3 is 5.32 Å². The molecule has 0 saturated heterocycles. The van der Waals surface area contributed by atoms with E-state index in [2.05, 4.69) is 19.2 Å². The number of aryl methyl sites for hydroxylation is 1. The molecule has 1 unspecified atom stereocenters. The minimum atomic E-state index is -0.153. The van der Waals surface area contributed by atoms with Crippen molar-refractivity contribution in [2.24, 2.45) is 5.92 Å². The van der Waals surface area contributed by atoms with Crippen LogP contribution in [0.25, 0.3) is 0 Å². The molecule has 17 heavy (non-hydrogen) atoms. The summed E-state index contributed by atoms with van der Waals surface area (Å²) in [5.74, 6) is 2.68. The monoisotopic (exact) mass is 255 g/mol. The van der Waals surface area contributed by atoms with Crippen molar-refractivity contribution in [2.45, 2.75) is 26.8 Å². The van der Waals surface area contributed by atoms with Gasteiger partial charge in [0.1, 0.15) is 5.82 Å². The van der Waals surface area contributed by atoms with E-state index in [9.17, 15) is 4.39 Å². The Hall–Kier alpha value is -0.540. The molecule has 0 radical (unpaired) electrons. The van der Waals surface area contributed by atoms with Gasteiger partial charge in [-0.1, -0.05) is 19.9 Å². The third-order valence-electron chi connectivity index (χ3n) is 2.70. The van der Waals surface area contributed by atoms with Crippen molar-refractivity contribution in [3.8, 4) is 0 Å². The average molecular weight is 255 g/mol. The zero-order valence-corrected chi connectivity index (χ0v) is 11.9. The predicted octanol–water partition coefficient (Wildman–Crippen LogP) is 3.78. The fourth-order valence-corrected chi connectivity index (χ4v) is 2.93. The lowest BCUT2D eigenvalue weighted by atomic mass is 10.0. The molecular weight excluding hydrogens is 233 g/mol. The van der Waals surface area contributed by atoms with Crippen molar-refractivity contribution in [3.63, 3.8) is 0 Å². The van der Waals surface area contributed by atoms with Gasteiger partial charge in [-0.15, -0.1) is 0 Å². The van der Waals surface area contributed by atoms with Gasteiger partial charge in [0.25, 0.3) is 0 Å². The smallest absolute Gasteiger partial charge is 0.123 e. The molecule has 1 N–H and O–H groups in total. The van der Waals surface area contributed by atoms with Crippen LogP contribution >= 0.6 is 11.8 Å². The van der Waals surface area contributed by atoms with Gasteiger partial charge >= 0.3 is 0 Å². The summed E-state index contributed by atoms with van der Waals surface area (Å²) in [6.07, 6.45) is 0. The number of hydrogen-bond donors (Lipinski definition) is 1. The van der Waals surface area contributed by atoms with Gasteiger partial charge in [0.15, 0.2) is 0 Å². The first-order valence-electron chi connectivity index (χ1n) is 6.05. The summed E-state index contributed by atoms with van der Waals surface area (Å²) in [6, 6.07) is 5.25. The molecule has 0 spiro atoms. The van der Waals surface area contributed by atoms with Gasteiger partial charge in [0.05, 0.1) is 0 Å². The molecule has 0 amide bonds. The van der Waals surface area contributed by atoms with Gasteiger partial charge in [-0.25, -0.2) is 4.39 Å². The Morgan fingerprint density at radius 1 is 1.29 bits per heavy atom. The van der Waals surface area contributed by atoms with E-state index in [4.69, 9.17) is 0 Å². The quantitative estimate of drug-likeness (QED) is 0.830. The average Bonchev–Trinajstić information content (AvgIpc) is 2.28. The molecular formula is C14H22FNS. The van der Waals surface area contributed by atoms with Crippen LogP contribution < -0.4 is 5.32 Å². The summed E-state index contributed by atoms with van der Waals surface area (Å²) < 4.78 is 13.3. The van der Waals surface area contributed by atoms with E-state index in [1.54, 1.807) is 6.07 Å². The Kier molecular flexibility index (Phi) is 6.00. The Morgan fingerprint density at radius 3 is 2.59 bits per heavy atom. The summed E-state index contributed by atoms with van der Waals surface area (Å²) in [5.41, 5.74) is 2.22. The van der Waals surface area contributed by atoms with Gasteiger partial charge in [-0.05, 0) is 48.9 Å². The van der Waals surface area contributed by atoms with E-state index in [1.165, 1.54) is 6.07 Å². The Balaban J connectivity index is 2.68. The van der Waals surface area contributed by atoms with E-state index in [0.717, 1.165) is 22.6 Å². The molecule has 96 valence electrons. The minimum Gasteiger partial charge on any atom is -0.312 e. The lowest BCUT2D eigenvalue weighted by Gasteiger charge is -2.19. The number of hydrogen-bond acceptors (Lipinski definition) is 2. The zero-order valence-electron chi connectivity index (χ0n) is 11.1. The molecule has 0 bridgehead atoms. The molecule has 0 aliphatic carbocycles. The number of nitrogens with one attached hydrogen (secondary N) is 1. The molecule has 1 aromatic rings. The van der Waals surface area contributed by atoms with Gasteiger partial charge in [-0.2, -0.15) is 11.8 Å². The third-order valence-corrected chi connectivity index (χ3v) is 4.17. The van der Waals surface area contributed by atoms with Crippen molar-refractivity contribution >= 4 is 11.8 Å². The molecule has 0 aliphatic heterocycles. The highest BCUT2D eigenvalue weighted by molar-refractivity contribution is 7.99. The summed E-state index contributed by atoms with van der Waals surface area (Å²) in [7, 11) is 1.94. The Bertz CT molecular complexity index is 352. The maximum atomic E-state index is 13.3. The number of rotatable bonds is 6. The van der Waals surface area contributed by atoms with Crippen LogP contribution in [0.3, 0.4) is 0 Å². The minimum absolute atomic E-state index is 0.153. The largest absolute Gasteiger partial charge is 0.312 e. The van der Waals surface area contributed by atoms with Gasteiger partial charge in [-0.3, -0.25) is 0 Å². The fraction of sp³-hybridized carbons (Fsp3) is 0.571. The van der Waals surface area contributed by atoms with Crippen LogP contribution in [0.15, 0.2) is 18.2 Å². The van der Waals surface area contributed by atoms with E-state index in [-0.39, 0.29) is 11.9 Å². The molecule has 1 aromatic carbocycles. The molecule has 0 aliphatic rings. The highest BCUT2D eigenvalue weighted by Gasteiger charge is 2.12. The fourth-order valence-electron chi connectivity index (χ4n) is 1.74. The van der Waals surface area contributed by atoms with Crippen LogP contribution in [0.5, 0.6) is 0 Å². The summed E-state index contributed by atoms with van der Waals surface area (Å²) in [5, 5.41) is 3.27. The van der Waals surface area contributed by atoms with Crippen LogP contribution in [0.2, 0.25) is 0 Å². The highest BCUT2D eigenvalue weighted by Crippen LogP contribution is 2.23. The second-order valence-electron chi connectivity index (χ2n) is 4.77. The third kappa shape index (κ3) is 4.68. The SMILES string of the molecule is CNC(CSCC(C)C)c1cc(F)ccc1C. The number of benzene rings is 1. The Labute approximate surface area is 108 Å². The molecule has 1 nitrogen and oxygen atoms in total. The first-order chi connectivity index (χ1) is 8.04. The second kappa shape index (κ2) is 7.02. The zero-order chi connectivity index (χ0) is 12.8. The van der Waals surface area contributed by atoms with Crippen molar-refractivity contribution < 1.29 is 4.39 Å². The van der Waals surface area contributed by atoms with Crippen molar-refractivity contribution in [1.82, 2.24) is 5.32 Å². The lowest BCUT2D eigenvalue weighted by molar-refractivity contribution is 0.608. The van der Waals surface area contributed by atoms with Crippen LogP contribution in [0.4, 0.5) is 4.39 Å². The van der Waals surface area contributed by atoms with E-state index < -0.39 is 0 Å². The molecule has 0 saturated carbocycles. The van der Waals surface area contributed by atoms with Crippen molar-refractivity contribution in [1.29, 1.82) is 0 Å².